The minimum atomic E-state index is -0.944. The summed E-state index contributed by atoms with van der Waals surface area (Å²) in [6.45, 7) is 5.90. The first-order chi connectivity index (χ1) is 17.0. The number of ether oxygens (including phenoxy) is 1. The smallest absolute Gasteiger partial charge is 0.337 e. The second-order valence-corrected chi connectivity index (χ2v) is 12.4. The van der Waals surface area contributed by atoms with Gasteiger partial charge >= 0.3 is 12.0 Å². The zero-order chi connectivity index (χ0) is 26.1. The van der Waals surface area contributed by atoms with E-state index in [4.69, 9.17) is 4.74 Å². The number of rotatable bonds is 7. The Labute approximate surface area is 217 Å². The fourth-order valence-corrected chi connectivity index (χ4v) is 6.99. The maximum atomic E-state index is 13.2. The molecule has 2 fully saturated rings. The van der Waals surface area contributed by atoms with Crippen LogP contribution in [0.5, 0.6) is 0 Å². The maximum absolute atomic E-state index is 13.2. The number of urea groups is 1. The number of anilines is 1. The number of carbonyl (C=O) groups is 4. The van der Waals surface area contributed by atoms with E-state index in [0.717, 1.165) is 16.9 Å². The van der Waals surface area contributed by atoms with E-state index < -0.39 is 17.5 Å². The van der Waals surface area contributed by atoms with Crippen LogP contribution >= 0.6 is 23.1 Å². The number of thioether (sulfide) groups is 1. The van der Waals surface area contributed by atoms with Crippen LogP contribution < -0.4 is 10.6 Å². The average molecular weight is 532 g/mol. The van der Waals surface area contributed by atoms with Gasteiger partial charge in [-0.3, -0.25) is 19.8 Å². The molecule has 4 amide bonds. The topological polar surface area (TPSA) is 131 Å². The molecule has 192 valence electrons. The Morgan fingerprint density at radius 2 is 1.94 bits per heavy atom. The SMILES string of the molecule is COC(=O)c1ccc(CSc2nnc(NC(=O)CN3C(=O)NC4(CC(C)CC(C)(C)C4)C3=O)s2)cc1. The van der Waals surface area contributed by atoms with Crippen LogP contribution in [0.2, 0.25) is 0 Å². The van der Waals surface area contributed by atoms with Crippen molar-refractivity contribution in [1.29, 1.82) is 0 Å². The number of aromatic nitrogens is 2. The molecular formula is C24H29N5O5S2. The van der Waals surface area contributed by atoms with E-state index in [2.05, 4.69) is 41.6 Å². The molecule has 1 aromatic heterocycles. The third kappa shape index (κ3) is 5.70. The lowest BCUT2D eigenvalue weighted by molar-refractivity contribution is -0.136. The summed E-state index contributed by atoms with van der Waals surface area (Å²) in [7, 11) is 1.34. The average Bonchev–Trinajstić information content (AvgIpc) is 3.33. The Bertz CT molecular complexity index is 1180. The summed E-state index contributed by atoms with van der Waals surface area (Å²) >= 11 is 2.64. The zero-order valence-electron chi connectivity index (χ0n) is 20.6. The Balaban J connectivity index is 1.31. The van der Waals surface area contributed by atoms with Gasteiger partial charge in [0.2, 0.25) is 11.0 Å². The Morgan fingerprint density at radius 1 is 1.22 bits per heavy atom. The first-order valence-electron chi connectivity index (χ1n) is 11.6. The molecule has 1 spiro atoms. The molecule has 2 aliphatic rings. The number of esters is 1. The second-order valence-electron chi connectivity index (χ2n) is 10.2. The quantitative estimate of drug-likeness (QED) is 0.239. The van der Waals surface area contributed by atoms with E-state index in [-0.39, 0.29) is 34.9 Å². The summed E-state index contributed by atoms with van der Waals surface area (Å²) in [6.07, 6.45) is 2.10. The summed E-state index contributed by atoms with van der Waals surface area (Å²) in [5.41, 5.74) is 0.439. The van der Waals surface area contributed by atoms with E-state index in [1.807, 2.05) is 12.1 Å². The molecule has 1 aliphatic carbocycles. The number of hydrogen-bond acceptors (Lipinski definition) is 9. The first kappa shape index (κ1) is 26.1. The molecule has 0 radical (unpaired) electrons. The first-order valence-corrected chi connectivity index (χ1v) is 13.4. The Morgan fingerprint density at radius 3 is 2.61 bits per heavy atom. The minimum absolute atomic E-state index is 0.0805. The molecule has 1 saturated carbocycles. The Hall–Kier alpha value is -2.99. The van der Waals surface area contributed by atoms with Gasteiger partial charge in [-0.25, -0.2) is 9.59 Å². The van der Waals surface area contributed by atoms with E-state index in [1.165, 1.54) is 30.2 Å². The van der Waals surface area contributed by atoms with Gasteiger partial charge in [0.25, 0.3) is 5.91 Å². The van der Waals surface area contributed by atoms with Crippen LogP contribution in [0.1, 0.15) is 56.0 Å². The molecule has 36 heavy (non-hydrogen) atoms. The van der Waals surface area contributed by atoms with Gasteiger partial charge in [0.1, 0.15) is 12.1 Å². The molecule has 2 heterocycles. The molecule has 1 saturated heterocycles. The highest BCUT2D eigenvalue weighted by molar-refractivity contribution is 8.00. The third-order valence-electron chi connectivity index (χ3n) is 6.32. The standard InChI is InChI=1S/C24H29N5O5S2/c1-14-9-23(2,3)13-24(10-14)19(32)29(21(33)26-24)11-17(30)25-20-27-28-22(36-20)35-12-15-5-7-16(8-6-15)18(31)34-4/h5-8,14H,9-13H2,1-4H3,(H,26,33)(H,25,27,30). The fraction of sp³-hybridized carbons (Fsp3) is 0.500. The molecule has 1 aliphatic heterocycles. The van der Waals surface area contributed by atoms with Crippen LogP contribution in [0.4, 0.5) is 9.93 Å². The summed E-state index contributed by atoms with van der Waals surface area (Å²) in [6, 6.07) is 6.53. The van der Waals surface area contributed by atoms with Crippen molar-refractivity contribution in [2.24, 2.45) is 11.3 Å². The predicted octanol–water partition coefficient (Wildman–Crippen LogP) is 3.69. The molecule has 1 aromatic carbocycles. The van der Waals surface area contributed by atoms with E-state index in [1.54, 1.807) is 12.1 Å². The molecule has 2 atom stereocenters. The van der Waals surface area contributed by atoms with Gasteiger partial charge in [-0.05, 0) is 48.3 Å². The van der Waals surface area contributed by atoms with Crippen LogP contribution in [-0.2, 0) is 20.1 Å². The summed E-state index contributed by atoms with van der Waals surface area (Å²) in [5.74, 6) is -0.351. The van der Waals surface area contributed by atoms with Gasteiger partial charge in [0.15, 0.2) is 4.34 Å². The monoisotopic (exact) mass is 531 g/mol. The molecule has 10 nitrogen and oxygen atoms in total. The van der Waals surface area contributed by atoms with E-state index >= 15 is 0 Å². The molecule has 12 heteroatoms. The maximum Gasteiger partial charge on any atom is 0.337 e. The number of nitrogens with zero attached hydrogens (tertiary/aromatic N) is 3. The van der Waals surface area contributed by atoms with Crippen molar-refractivity contribution in [3.05, 3.63) is 35.4 Å². The van der Waals surface area contributed by atoms with Gasteiger partial charge in [-0.15, -0.1) is 10.2 Å². The van der Waals surface area contributed by atoms with Crippen molar-refractivity contribution in [3.8, 4) is 0 Å². The predicted molar refractivity (Wildman–Crippen MR) is 136 cm³/mol. The molecule has 2 unspecified atom stereocenters. The van der Waals surface area contributed by atoms with Crippen LogP contribution in [0.25, 0.3) is 0 Å². The van der Waals surface area contributed by atoms with Gasteiger partial charge in [-0.2, -0.15) is 0 Å². The lowest BCUT2D eigenvalue weighted by Gasteiger charge is -2.43. The van der Waals surface area contributed by atoms with Gasteiger partial charge < -0.3 is 10.1 Å². The summed E-state index contributed by atoms with van der Waals surface area (Å²) in [4.78, 5) is 51.0. The van der Waals surface area contributed by atoms with Crippen molar-refractivity contribution in [1.82, 2.24) is 20.4 Å². The van der Waals surface area contributed by atoms with Crippen molar-refractivity contribution in [3.63, 3.8) is 0 Å². The van der Waals surface area contributed by atoms with Crippen LogP contribution in [0.3, 0.4) is 0 Å². The number of amides is 4. The molecule has 2 N–H and O–H groups in total. The van der Waals surface area contributed by atoms with Gasteiger partial charge in [0.05, 0.1) is 12.7 Å². The lowest BCUT2D eigenvalue weighted by Crippen LogP contribution is -2.54. The number of methoxy groups -OCH3 is 1. The van der Waals surface area contributed by atoms with Crippen LogP contribution in [-0.4, -0.2) is 58.1 Å². The summed E-state index contributed by atoms with van der Waals surface area (Å²) in [5, 5.41) is 13.9. The fourth-order valence-electron chi connectivity index (χ4n) is 5.27. The second kappa shape index (κ2) is 10.2. The molecule has 2 aromatic rings. The largest absolute Gasteiger partial charge is 0.465 e. The number of benzene rings is 1. The minimum Gasteiger partial charge on any atom is -0.465 e. The van der Waals surface area contributed by atoms with Gasteiger partial charge in [-0.1, -0.05) is 56.0 Å². The van der Waals surface area contributed by atoms with Crippen LogP contribution in [0, 0.1) is 11.3 Å². The van der Waals surface area contributed by atoms with E-state index in [9.17, 15) is 19.2 Å². The molecule has 0 bridgehead atoms. The highest BCUT2D eigenvalue weighted by Gasteiger charge is 2.56. The highest BCUT2D eigenvalue weighted by Crippen LogP contribution is 2.46. The third-order valence-corrected chi connectivity index (χ3v) is 8.36. The number of nitrogens with one attached hydrogen (secondary N) is 2. The normalized spacial score (nSPS) is 23.0. The number of imide groups is 1. The number of hydrogen-bond donors (Lipinski definition) is 2. The van der Waals surface area contributed by atoms with Crippen molar-refractivity contribution in [2.45, 2.75) is 55.7 Å². The lowest BCUT2D eigenvalue weighted by atomic mass is 9.64. The Kier molecular flexibility index (Phi) is 7.37. The number of carbonyl (C=O) groups excluding carboxylic acids is 4. The summed E-state index contributed by atoms with van der Waals surface area (Å²) < 4.78 is 5.34. The van der Waals surface area contributed by atoms with Crippen molar-refractivity contribution in [2.75, 3.05) is 19.0 Å². The van der Waals surface area contributed by atoms with Gasteiger partial charge in [0, 0.05) is 5.75 Å². The van der Waals surface area contributed by atoms with E-state index in [0.29, 0.717) is 28.5 Å². The van der Waals surface area contributed by atoms with Crippen molar-refractivity contribution >= 4 is 52.0 Å². The highest BCUT2D eigenvalue weighted by atomic mass is 32.2. The molecule has 4 rings (SSSR count). The molecular weight excluding hydrogens is 502 g/mol. The zero-order valence-corrected chi connectivity index (χ0v) is 22.3. The van der Waals surface area contributed by atoms with Crippen molar-refractivity contribution < 1.29 is 23.9 Å². The van der Waals surface area contributed by atoms with Crippen LogP contribution in [0.15, 0.2) is 28.6 Å².